The summed E-state index contributed by atoms with van der Waals surface area (Å²) in [5.41, 5.74) is 4.07. The molecule has 2 aromatic heterocycles. The minimum atomic E-state index is 0.864. The summed E-state index contributed by atoms with van der Waals surface area (Å²) in [5, 5.41) is 7.29. The first-order valence-electron chi connectivity index (χ1n) is 6.54. The summed E-state index contributed by atoms with van der Waals surface area (Å²) in [6.07, 6.45) is 3.76. The van der Waals surface area contributed by atoms with Gasteiger partial charge in [0.05, 0.1) is 17.1 Å². The zero-order valence-electron chi connectivity index (χ0n) is 11.9. The Bertz CT molecular complexity index is 543. The second-order valence-electron chi connectivity index (χ2n) is 4.78. The second-order valence-corrected chi connectivity index (χ2v) is 4.78. The molecule has 0 bridgehead atoms. The van der Waals surface area contributed by atoms with Gasteiger partial charge in [-0.2, -0.15) is 0 Å². The summed E-state index contributed by atoms with van der Waals surface area (Å²) >= 11 is 0. The number of rotatable bonds is 5. The highest BCUT2D eigenvalue weighted by molar-refractivity contribution is 5.39. The van der Waals surface area contributed by atoms with Crippen LogP contribution >= 0.6 is 0 Å². The largest absolute Gasteiger partial charge is 0.369 e. The van der Waals surface area contributed by atoms with Crippen LogP contribution in [-0.4, -0.2) is 21.7 Å². The molecule has 0 radical (unpaired) electrons. The number of anilines is 1. The zero-order chi connectivity index (χ0) is 13.8. The van der Waals surface area contributed by atoms with E-state index in [0.717, 1.165) is 48.0 Å². The fourth-order valence-electron chi connectivity index (χ4n) is 2.04. The monoisotopic (exact) mass is 260 g/mol. The summed E-state index contributed by atoms with van der Waals surface area (Å²) in [4.78, 5) is 8.72. The fraction of sp³-hybridized carbons (Fsp3) is 0.500. The van der Waals surface area contributed by atoms with E-state index in [1.165, 1.54) is 5.56 Å². The van der Waals surface area contributed by atoms with Gasteiger partial charge in [0.2, 0.25) is 0 Å². The molecule has 0 spiro atoms. The molecule has 0 aliphatic carbocycles. The molecule has 2 aromatic rings. The molecule has 19 heavy (non-hydrogen) atoms. The molecule has 2 rings (SSSR count). The predicted octanol–water partition coefficient (Wildman–Crippen LogP) is 2.74. The van der Waals surface area contributed by atoms with E-state index in [-0.39, 0.29) is 0 Å². The van der Waals surface area contributed by atoms with Crippen LogP contribution in [0.15, 0.2) is 10.7 Å². The Morgan fingerprint density at radius 3 is 2.63 bits per heavy atom. The van der Waals surface area contributed by atoms with E-state index in [0.29, 0.717) is 0 Å². The van der Waals surface area contributed by atoms with Crippen molar-refractivity contribution in [2.24, 2.45) is 0 Å². The van der Waals surface area contributed by atoms with Crippen molar-refractivity contribution in [2.75, 3.05) is 11.9 Å². The summed E-state index contributed by atoms with van der Waals surface area (Å²) in [6, 6.07) is 0. The van der Waals surface area contributed by atoms with Crippen LogP contribution in [0, 0.1) is 27.7 Å². The van der Waals surface area contributed by atoms with Gasteiger partial charge in [0, 0.05) is 18.3 Å². The number of hydrogen-bond acceptors (Lipinski definition) is 5. The maximum absolute atomic E-state index is 5.15. The van der Waals surface area contributed by atoms with E-state index < -0.39 is 0 Å². The molecule has 0 aliphatic heterocycles. The number of hydrogen-bond donors (Lipinski definition) is 1. The highest BCUT2D eigenvalue weighted by atomic mass is 16.5. The van der Waals surface area contributed by atoms with Crippen molar-refractivity contribution in [3.05, 3.63) is 34.6 Å². The maximum Gasteiger partial charge on any atom is 0.147 e. The molecule has 2 heterocycles. The average molecular weight is 260 g/mol. The molecule has 0 aromatic carbocycles. The second kappa shape index (κ2) is 5.82. The van der Waals surface area contributed by atoms with Crippen molar-refractivity contribution in [1.29, 1.82) is 0 Å². The standard InChI is InChI=1S/C14H20N4O/c1-9-8-16-11(3)14(17-9)15-7-5-6-13-10(2)18-19-12(13)4/h8H,5-7H2,1-4H3,(H,15,17). The molecule has 0 saturated carbocycles. The molecule has 0 unspecified atom stereocenters. The van der Waals surface area contributed by atoms with Crippen molar-refractivity contribution < 1.29 is 4.52 Å². The number of aryl methyl sites for hydroxylation is 4. The lowest BCUT2D eigenvalue weighted by Crippen LogP contribution is -2.08. The van der Waals surface area contributed by atoms with Gasteiger partial charge in [-0.3, -0.25) is 4.98 Å². The van der Waals surface area contributed by atoms with Crippen LogP contribution in [0.1, 0.15) is 34.8 Å². The van der Waals surface area contributed by atoms with Crippen LogP contribution in [0.4, 0.5) is 5.82 Å². The third-order valence-corrected chi connectivity index (χ3v) is 3.15. The summed E-state index contributed by atoms with van der Waals surface area (Å²) in [5.74, 6) is 1.79. The van der Waals surface area contributed by atoms with Crippen LogP contribution in [0.5, 0.6) is 0 Å². The van der Waals surface area contributed by atoms with E-state index in [1.807, 2.05) is 27.7 Å². The van der Waals surface area contributed by atoms with Gasteiger partial charge in [-0.05, 0) is 40.5 Å². The predicted molar refractivity (Wildman–Crippen MR) is 74.3 cm³/mol. The number of nitrogens with one attached hydrogen (secondary N) is 1. The SMILES string of the molecule is Cc1cnc(C)c(NCCCc2c(C)noc2C)n1. The third-order valence-electron chi connectivity index (χ3n) is 3.15. The first-order valence-corrected chi connectivity index (χ1v) is 6.54. The van der Waals surface area contributed by atoms with E-state index in [1.54, 1.807) is 6.20 Å². The fourth-order valence-corrected chi connectivity index (χ4v) is 2.04. The molecular formula is C14H20N4O. The molecule has 0 atom stereocenters. The van der Waals surface area contributed by atoms with E-state index in [2.05, 4.69) is 20.4 Å². The Kier molecular flexibility index (Phi) is 4.14. The Morgan fingerprint density at radius 1 is 1.16 bits per heavy atom. The van der Waals surface area contributed by atoms with Crippen LogP contribution < -0.4 is 5.32 Å². The van der Waals surface area contributed by atoms with Gasteiger partial charge in [-0.25, -0.2) is 4.98 Å². The maximum atomic E-state index is 5.15. The van der Waals surface area contributed by atoms with Gasteiger partial charge in [0.1, 0.15) is 11.6 Å². The first-order chi connectivity index (χ1) is 9.08. The molecule has 1 N–H and O–H groups in total. The smallest absolute Gasteiger partial charge is 0.147 e. The molecule has 5 nitrogen and oxygen atoms in total. The van der Waals surface area contributed by atoms with Crippen molar-refractivity contribution in [2.45, 2.75) is 40.5 Å². The van der Waals surface area contributed by atoms with Crippen LogP contribution in [-0.2, 0) is 6.42 Å². The van der Waals surface area contributed by atoms with Gasteiger partial charge in [-0.1, -0.05) is 5.16 Å². The highest BCUT2D eigenvalue weighted by Gasteiger charge is 2.08. The lowest BCUT2D eigenvalue weighted by molar-refractivity contribution is 0.392. The van der Waals surface area contributed by atoms with Gasteiger partial charge in [-0.15, -0.1) is 0 Å². The molecular weight excluding hydrogens is 240 g/mol. The molecule has 0 fully saturated rings. The first kappa shape index (κ1) is 13.5. The van der Waals surface area contributed by atoms with Crippen molar-refractivity contribution in [3.8, 4) is 0 Å². The van der Waals surface area contributed by atoms with Gasteiger partial charge < -0.3 is 9.84 Å². The third kappa shape index (κ3) is 3.30. The molecule has 0 saturated heterocycles. The molecule has 0 amide bonds. The molecule has 5 heteroatoms. The summed E-state index contributed by atoms with van der Waals surface area (Å²) < 4.78 is 5.15. The van der Waals surface area contributed by atoms with Crippen LogP contribution in [0.3, 0.4) is 0 Å². The normalized spacial score (nSPS) is 10.7. The van der Waals surface area contributed by atoms with E-state index in [4.69, 9.17) is 4.52 Å². The average Bonchev–Trinajstić information content (AvgIpc) is 2.69. The lowest BCUT2D eigenvalue weighted by atomic mass is 10.1. The minimum Gasteiger partial charge on any atom is -0.369 e. The Morgan fingerprint density at radius 2 is 1.95 bits per heavy atom. The lowest BCUT2D eigenvalue weighted by Gasteiger charge is -2.08. The van der Waals surface area contributed by atoms with E-state index >= 15 is 0 Å². The van der Waals surface area contributed by atoms with E-state index in [9.17, 15) is 0 Å². The Balaban J connectivity index is 1.86. The number of nitrogens with zero attached hydrogens (tertiary/aromatic N) is 3. The van der Waals surface area contributed by atoms with Gasteiger partial charge in [0.15, 0.2) is 0 Å². The van der Waals surface area contributed by atoms with Crippen LogP contribution in [0.2, 0.25) is 0 Å². The Hall–Kier alpha value is -1.91. The van der Waals surface area contributed by atoms with Crippen molar-refractivity contribution >= 4 is 5.82 Å². The minimum absolute atomic E-state index is 0.864. The zero-order valence-corrected chi connectivity index (χ0v) is 11.9. The Labute approximate surface area is 113 Å². The van der Waals surface area contributed by atoms with Crippen LogP contribution in [0.25, 0.3) is 0 Å². The van der Waals surface area contributed by atoms with Crippen molar-refractivity contribution in [3.63, 3.8) is 0 Å². The highest BCUT2D eigenvalue weighted by Crippen LogP contribution is 2.14. The topological polar surface area (TPSA) is 63.8 Å². The summed E-state index contributed by atoms with van der Waals surface area (Å²) in [6.45, 7) is 8.71. The number of aromatic nitrogens is 3. The van der Waals surface area contributed by atoms with Gasteiger partial charge in [0.25, 0.3) is 0 Å². The van der Waals surface area contributed by atoms with Crippen molar-refractivity contribution in [1.82, 2.24) is 15.1 Å². The van der Waals surface area contributed by atoms with Gasteiger partial charge >= 0.3 is 0 Å². The summed E-state index contributed by atoms with van der Waals surface area (Å²) in [7, 11) is 0. The quantitative estimate of drug-likeness (QED) is 0.837. The molecule has 102 valence electrons. The molecule has 0 aliphatic rings.